The lowest BCUT2D eigenvalue weighted by Crippen LogP contribution is -2.62. The molecule has 0 saturated carbocycles. The Labute approximate surface area is 260 Å². The van der Waals surface area contributed by atoms with Crippen LogP contribution < -0.4 is 25.6 Å². The molecule has 4 aliphatic rings. The number of nitrogens with one attached hydrogen (secondary N) is 3. The molecule has 0 bridgehead atoms. The fourth-order valence-electron chi connectivity index (χ4n) is 6.06. The summed E-state index contributed by atoms with van der Waals surface area (Å²) in [6, 6.07) is 14.2. The second-order valence-electron chi connectivity index (χ2n) is 11.4. The average Bonchev–Trinajstić information content (AvgIpc) is 3.60. The number of ether oxygens (including phenoxy) is 1. The van der Waals surface area contributed by atoms with Crippen molar-refractivity contribution in [3.8, 4) is 11.5 Å². The summed E-state index contributed by atoms with van der Waals surface area (Å²) < 4.78 is 5.93. The summed E-state index contributed by atoms with van der Waals surface area (Å²) >= 11 is 8.07. The summed E-state index contributed by atoms with van der Waals surface area (Å²) in [6.07, 6.45) is 4.86. The number of urea groups is 1. The van der Waals surface area contributed by atoms with Gasteiger partial charge in [-0.25, -0.2) is 4.79 Å². The van der Waals surface area contributed by atoms with Gasteiger partial charge in [0, 0.05) is 49.1 Å². The number of carbonyl (C=O) groups is 3. The smallest absolute Gasteiger partial charge is 0.326 e. The number of thioether (sulfide) groups is 1. The predicted molar refractivity (Wildman–Crippen MR) is 168 cm³/mol. The third-order valence-corrected chi connectivity index (χ3v) is 9.73. The fraction of sp³-hybridized carbons (Fsp3) is 0.387. The predicted octanol–water partition coefficient (Wildman–Crippen LogP) is 3.76. The molecule has 12 heteroatoms. The van der Waals surface area contributed by atoms with E-state index in [1.165, 1.54) is 11.8 Å². The van der Waals surface area contributed by atoms with Gasteiger partial charge in [0.15, 0.2) is 0 Å². The Morgan fingerprint density at radius 2 is 2.00 bits per heavy atom. The first-order valence-corrected chi connectivity index (χ1v) is 15.7. The van der Waals surface area contributed by atoms with Crippen molar-refractivity contribution in [2.75, 3.05) is 45.2 Å². The van der Waals surface area contributed by atoms with Crippen LogP contribution in [0.3, 0.4) is 0 Å². The number of anilines is 1. The minimum atomic E-state index is -0.292. The van der Waals surface area contributed by atoms with Crippen LogP contribution in [0.25, 0.3) is 0 Å². The van der Waals surface area contributed by atoms with E-state index >= 15 is 0 Å². The number of para-hydroxylation sites is 1. The van der Waals surface area contributed by atoms with Crippen LogP contribution in [0.2, 0.25) is 5.02 Å². The molecule has 3 saturated heterocycles. The highest BCUT2D eigenvalue weighted by Gasteiger charge is 2.52. The Kier molecular flexibility index (Phi) is 8.67. The van der Waals surface area contributed by atoms with Crippen molar-refractivity contribution in [2.45, 2.75) is 30.3 Å². The number of hydrogen-bond acceptors (Lipinski definition) is 7. The summed E-state index contributed by atoms with van der Waals surface area (Å²) in [5, 5.41) is 10.0. The lowest BCUT2D eigenvalue weighted by Gasteiger charge is -2.45. The number of benzene rings is 2. The second kappa shape index (κ2) is 12.6. The van der Waals surface area contributed by atoms with Crippen molar-refractivity contribution in [3.05, 3.63) is 76.3 Å². The number of amides is 4. The van der Waals surface area contributed by atoms with E-state index in [2.05, 4.69) is 16.0 Å². The summed E-state index contributed by atoms with van der Waals surface area (Å²) in [7, 11) is 3.89. The molecular formula is C31H35ClN6O4S. The number of rotatable bonds is 8. The first-order chi connectivity index (χ1) is 20.8. The first-order valence-electron chi connectivity index (χ1n) is 14.5. The Bertz CT molecular complexity index is 1470. The normalized spacial score (nSPS) is 24.9. The van der Waals surface area contributed by atoms with Crippen LogP contribution in [0.1, 0.15) is 12.8 Å². The molecule has 2 aromatic carbocycles. The van der Waals surface area contributed by atoms with E-state index in [1.54, 1.807) is 28.0 Å². The summed E-state index contributed by atoms with van der Waals surface area (Å²) in [5.74, 6) is 0.834. The maximum atomic E-state index is 13.6. The highest BCUT2D eigenvalue weighted by molar-refractivity contribution is 8.04. The fourth-order valence-corrected chi connectivity index (χ4v) is 7.67. The lowest BCUT2D eigenvalue weighted by atomic mass is 9.86. The molecule has 43 heavy (non-hydrogen) atoms. The van der Waals surface area contributed by atoms with Crippen molar-refractivity contribution in [1.82, 2.24) is 25.8 Å². The summed E-state index contributed by atoms with van der Waals surface area (Å²) in [5.41, 5.74) is 1.34. The Morgan fingerprint density at radius 3 is 2.77 bits per heavy atom. The van der Waals surface area contributed by atoms with E-state index in [9.17, 15) is 14.4 Å². The maximum absolute atomic E-state index is 13.6. The SMILES string of the molecule is CN(C)C/C=C/C(=O)N1CC[C@@H](NC(=O)C2=C3NC(=O)N(c4ccc(Oc5ccccc5)c(Cl)c4)C4CCNC(S2)C34)C1. The number of hydrogen-bond donors (Lipinski definition) is 3. The van der Waals surface area contributed by atoms with E-state index in [1.807, 2.05) is 61.5 Å². The van der Waals surface area contributed by atoms with Gasteiger partial charge < -0.3 is 30.5 Å². The minimum absolute atomic E-state index is 0.0442. The van der Waals surface area contributed by atoms with Gasteiger partial charge in [0.25, 0.3) is 5.91 Å². The van der Waals surface area contributed by atoms with Gasteiger partial charge in [0.05, 0.1) is 21.3 Å². The molecule has 10 nitrogen and oxygen atoms in total. The molecule has 4 aliphatic heterocycles. The van der Waals surface area contributed by atoms with E-state index in [0.717, 1.165) is 13.0 Å². The Morgan fingerprint density at radius 1 is 1.19 bits per heavy atom. The molecule has 4 amide bonds. The van der Waals surface area contributed by atoms with E-state index in [-0.39, 0.29) is 41.2 Å². The van der Waals surface area contributed by atoms with E-state index in [0.29, 0.717) is 58.9 Å². The second-order valence-corrected chi connectivity index (χ2v) is 12.9. The molecule has 6 rings (SSSR count). The van der Waals surface area contributed by atoms with Crippen LogP contribution in [-0.4, -0.2) is 85.4 Å². The van der Waals surface area contributed by atoms with Crippen LogP contribution in [0.4, 0.5) is 10.5 Å². The zero-order valence-electron chi connectivity index (χ0n) is 24.1. The van der Waals surface area contributed by atoms with Crippen molar-refractivity contribution in [3.63, 3.8) is 0 Å². The molecule has 4 atom stereocenters. The van der Waals surface area contributed by atoms with Crippen LogP contribution in [0.5, 0.6) is 11.5 Å². The minimum Gasteiger partial charge on any atom is -0.456 e. The largest absolute Gasteiger partial charge is 0.456 e. The summed E-state index contributed by atoms with van der Waals surface area (Å²) in [6.45, 7) is 2.46. The van der Waals surface area contributed by atoms with Crippen LogP contribution >= 0.6 is 23.4 Å². The number of piperidine rings is 1. The summed E-state index contributed by atoms with van der Waals surface area (Å²) in [4.78, 5) is 45.7. The van der Waals surface area contributed by atoms with Crippen molar-refractivity contribution >= 4 is 46.9 Å². The average molecular weight is 623 g/mol. The number of likely N-dealkylation sites (tertiary alicyclic amines) is 1. The Hall–Kier alpha value is -3.51. The monoisotopic (exact) mass is 622 g/mol. The number of carbonyl (C=O) groups excluding carboxylic acids is 3. The lowest BCUT2D eigenvalue weighted by molar-refractivity contribution is -0.125. The quantitative estimate of drug-likeness (QED) is 0.385. The standard InChI is InChI=1S/C31H35ClN6O4S/c1-36(2)15-6-9-25(39)37-16-13-19(18-37)34-29(40)28-27-26-23(12-14-33-30(26)43-28)38(31(41)35-27)20-10-11-24(22(32)17-20)42-21-7-4-3-5-8-21/h3-11,17,19,23,26,30,33H,12-16,18H2,1-2H3,(H,34,40)(H,35,41)/b9-6+/t19-,23?,26?,30?/m1/s1. The molecule has 0 aromatic heterocycles. The molecular weight excluding hydrogens is 588 g/mol. The molecule has 0 spiro atoms. The van der Waals surface area contributed by atoms with Gasteiger partial charge in [0.1, 0.15) is 11.5 Å². The molecule has 226 valence electrons. The van der Waals surface area contributed by atoms with Crippen LogP contribution in [-0.2, 0) is 9.59 Å². The molecule has 2 aromatic rings. The molecule has 0 aliphatic carbocycles. The van der Waals surface area contributed by atoms with Crippen LogP contribution in [0, 0.1) is 5.92 Å². The van der Waals surface area contributed by atoms with Gasteiger partial charge in [-0.3, -0.25) is 14.5 Å². The molecule has 3 unspecified atom stereocenters. The molecule has 3 fully saturated rings. The first kappa shape index (κ1) is 29.6. The highest BCUT2D eigenvalue weighted by Crippen LogP contribution is 2.48. The highest BCUT2D eigenvalue weighted by atomic mass is 35.5. The third kappa shape index (κ3) is 6.26. The van der Waals surface area contributed by atoms with Gasteiger partial charge in [-0.2, -0.15) is 0 Å². The number of nitrogens with zero attached hydrogens (tertiary/aromatic N) is 3. The van der Waals surface area contributed by atoms with Crippen molar-refractivity contribution in [2.24, 2.45) is 5.92 Å². The molecule has 0 radical (unpaired) electrons. The van der Waals surface area contributed by atoms with Crippen molar-refractivity contribution in [1.29, 1.82) is 0 Å². The van der Waals surface area contributed by atoms with Gasteiger partial charge in [-0.05, 0) is 63.8 Å². The zero-order valence-corrected chi connectivity index (χ0v) is 25.7. The van der Waals surface area contributed by atoms with Gasteiger partial charge >= 0.3 is 6.03 Å². The number of halogens is 1. The van der Waals surface area contributed by atoms with Gasteiger partial charge in [0.2, 0.25) is 5.91 Å². The van der Waals surface area contributed by atoms with Gasteiger partial charge in [-0.15, -0.1) is 0 Å². The van der Waals surface area contributed by atoms with E-state index < -0.39 is 0 Å². The zero-order chi connectivity index (χ0) is 30.1. The maximum Gasteiger partial charge on any atom is 0.326 e. The van der Waals surface area contributed by atoms with Gasteiger partial charge in [-0.1, -0.05) is 47.6 Å². The Balaban J connectivity index is 1.15. The third-order valence-electron chi connectivity index (χ3n) is 8.08. The van der Waals surface area contributed by atoms with Crippen LogP contribution in [0.15, 0.2) is 71.3 Å². The molecule has 4 heterocycles. The van der Waals surface area contributed by atoms with Crippen molar-refractivity contribution < 1.29 is 19.1 Å². The molecule has 3 N–H and O–H groups in total. The topological polar surface area (TPSA) is 106 Å². The van der Waals surface area contributed by atoms with E-state index in [4.69, 9.17) is 16.3 Å². The number of likely N-dealkylation sites (N-methyl/N-ethyl adjacent to an activating group) is 1.